The molecule has 0 rings (SSSR count). The number of carbonyl (C=O) groups excluding carboxylic acids is 1. The smallest absolute Gasteiger partial charge is 0.133 e. The largest absolute Gasteiger partial charge is 0.300 e. The monoisotopic (exact) mass is 296 g/mol. The Morgan fingerprint density at radius 2 is 1.19 bits per heavy atom. The van der Waals surface area contributed by atoms with Crippen molar-refractivity contribution in [2.75, 3.05) is 0 Å². The minimum atomic E-state index is 0.0252. The highest BCUT2D eigenvalue weighted by Crippen LogP contribution is 2.51. The third-order valence-corrected chi connectivity index (χ3v) is 4.85. The molecule has 126 valence electrons. The molecule has 0 N–H and O–H groups in total. The van der Waals surface area contributed by atoms with Gasteiger partial charge in [-0.2, -0.15) is 0 Å². The molecule has 1 nitrogen and oxygen atoms in total. The fourth-order valence-electron chi connectivity index (χ4n) is 5.09. The molecule has 0 aliphatic carbocycles. The molecule has 0 amide bonds. The van der Waals surface area contributed by atoms with Gasteiger partial charge >= 0.3 is 0 Å². The Balaban J connectivity index is 5.53. The summed E-state index contributed by atoms with van der Waals surface area (Å²) < 4.78 is 0. The van der Waals surface area contributed by atoms with Gasteiger partial charge in [0, 0.05) is 5.92 Å². The Kier molecular flexibility index (Phi) is 6.32. The van der Waals surface area contributed by atoms with Crippen LogP contribution in [-0.4, -0.2) is 5.78 Å². The Morgan fingerprint density at radius 3 is 1.48 bits per heavy atom. The molecule has 0 aromatic heterocycles. The van der Waals surface area contributed by atoms with Crippen LogP contribution >= 0.6 is 0 Å². The molecule has 0 aromatic rings. The highest BCUT2D eigenvalue weighted by atomic mass is 16.1. The van der Waals surface area contributed by atoms with Crippen molar-refractivity contribution in [3.05, 3.63) is 0 Å². The fourth-order valence-corrected chi connectivity index (χ4v) is 5.09. The molecule has 1 heteroatoms. The van der Waals surface area contributed by atoms with Crippen molar-refractivity contribution in [3.63, 3.8) is 0 Å². The minimum Gasteiger partial charge on any atom is -0.300 e. The molecule has 0 spiro atoms. The fraction of sp³-hybridized carbons (Fsp3) is 0.950. The Labute approximate surface area is 134 Å². The number of ketones is 1. The molecule has 1 atom stereocenters. The lowest BCUT2D eigenvalue weighted by Gasteiger charge is -2.48. The highest BCUT2D eigenvalue weighted by Gasteiger charge is 2.46. The maximum Gasteiger partial charge on any atom is 0.133 e. The molecule has 0 heterocycles. The van der Waals surface area contributed by atoms with Gasteiger partial charge in [-0.05, 0) is 41.4 Å². The van der Waals surface area contributed by atoms with E-state index in [4.69, 9.17) is 0 Å². The summed E-state index contributed by atoms with van der Waals surface area (Å²) in [6, 6.07) is 0. The third kappa shape index (κ3) is 6.53. The Bertz CT molecular complexity index is 353. The number of rotatable bonds is 7. The van der Waals surface area contributed by atoms with E-state index in [9.17, 15) is 4.79 Å². The molecule has 0 radical (unpaired) electrons. The van der Waals surface area contributed by atoms with E-state index in [1.165, 1.54) is 0 Å². The normalized spacial score (nSPS) is 16.0. The summed E-state index contributed by atoms with van der Waals surface area (Å²) in [6.07, 6.45) is 3.31. The summed E-state index contributed by atoms with van der Waals surface area (Å²) >= 11 is 0. The van der Waals surface area contributed by atoms with Crippen LogP contribution in [0.15, 0.2) is 0 Å². The summed E-state index contributed by atoms with van der Waals surface area (Å²) in [5.74, 6) is 0.455. The molecular formula is C20H40O. The predicted molar refractivity (Wildman–Crippen MR) is 94.5 cm³/mol. The van der Waals surface area contributed by atoms with E-state index >= 15 is 0 Å². The van der Waals surface area contributed by atoms with Crippen molar-refractivity contribution in [1.82, 2.24) is 0 Å². The zero-order valence-electron chi connectivity index (χ0n) is 16.6. The van der Waals surface area contributed by atoms with E-state index in [2.05, 4.69) is 69.2 Å². The highest BCUT2D eigenvalue weighted by molar-refractivity contribution is 5.80. The first-order valence-electron chi connectivity index (χ1n) is 8.55. The quantitative estimate of drug-likeness (QED) is 0.523. The van der Waals surface area contributed by atoms with Gasteiger partial charge in [-0.15, -0.1) is 0 Å². The van der Waals surface area contributed by atoms with Crippen LogP contribution in [0.5, 0.6) is 0 Å². The first-order valence-corrected chi connectivity index (χ1v) is 8.55. The Morgan fingerprint density at radius 1 is 0.810 bits per heavy atom. The van der Waals surface area contributed by atoms with Crippen LogP contribution in [0.2, 0.25) is 0 Å². The van der Waals surface area contributed by atoms with Crippen molar-refractivity contribution < 1.29 is 4.79 Å². The van der Waals surface area contributed by atoms with E-state index in [0.717, 1.165) is 19.3 Å². The van der Waals surface area contributed by atoms with Crippen molar-refractivity contribution >= 4 is 5.78 Å². The van der Waals surface area contributed by atoms with Crippen molar-refractivity contribution in [2.24, 2.45) is 27.6 Å². The second-order valence-corrected chi connectivity index (χ2v) is 10.5. The van der Waals surface area contributed by atoms with Gasteiger partial charge in [-0.3, -0.25) is 4.79 Å². The summed E-state index contributed by atoms with van der Waals surface area (Å²) in [5.41, 5.74) is 0.583. The summed E-state index contributed by atoms with van der Waals surface area (Å²) in [7, 11) is 0. The third-order valence-electron chi connectivity index (χ3n) is 4.85. The van der Waals surface area contributed by atoms with Gasteiger partial charge in [0.05, 0.1) is 0 Å². The van der Waals surface area contributed by atoms with E-state index in [-0.39, 0.29) is 27.6 Å². The van der Waals surface area contributed by atoms with E-state index in [0.29, 0.717) is 5.78 Å². The van der Waals surface area contributed by atoms with Crippen LogP contribution in [0.4, 0.5) is 0 Å². The van der Waals surface area contributed by atoms with Crippen LogP contribution < -0.4 is 0 Å². The first-order chi connectivity index (χ1) is 9.04. The van der Waals surface area contributed by atoms with Gasteiger partial charge in [0.25, 0.3) is 0 Å². The topological polar surface area (TPSA) is 17.1 Å². The van der Waals surface area contributed by atoms with Gasteiger partial charge in [0.1, 0.15) is 5.78 Å². The molecule has 0 fully saturated rings. The van der Waals surface area contributed by atoms with Gasteiger partial charge in [0.2, 0.25) is 0 Å². The van der Waals surface area contributed by atoms with Crippen molar-refractivity contribution in [3.8, 4) is 0 Å². The van der Waals surface area contributed by atoms with E-state index in [1.54, 1.807) is 6.92 Å². The van der Waals surface area contributed by atoms with E-state index < -0.39 is 0 Å². The summed E-state index contributed by atoms with van der Waals surface area (Å²) in [4.78, 5) is 12.5. The lowest BCUT2D eigenvalue weighted by Crippen LogP contribution is -2.44. The number of Topliss-reactive ketones (excluding diaryl/α,β-unsaturated/α-hetero) is 1. The molecule has 21 heavy (non-hydrogen) atoms. The molecule has 0 bridgehead atoms. The zero-order chi connectivity index (χ0) is 17.3. The lowest BCUT2D eigenvalue weighted by atomic mass is 9.56. The van der Waals surface area contributed by atoms with E-state index in [1.807, 2.05) is 0 Å². The average molecular weight is 297 g/mol. The minimum absolute atomic E-state index is 0.0252. The van der Waals surface area contributed by atoms with Gasteiger partial charge in [0.15, 0.2) is 0 Å². The standard InChI is InChI=1S/C20H40O/c1-12-18(6,7)14-20(10,11)16(15(2)21)19(8,9)13-17(3,4)5/h16H,12-14H2,1-11H3. The van der Waals surface area contributed by atoms with Crippen molar-refractivity contribution in [1.29, 1.82) is 0 Å². The average Bonchev–Trinajstić information content (AvgIpc) is 2.08. The SMILES string of the molecule is CCC(C)(C)CC(C)(C)C(C(C)=O)C(C)(C)CC(C)(C)C. The number of carbonyl (C=O) groups is 1. The molecule has 1 unspecified atom stereocenters. The number of hydrogen-bond acceptors (Lipinski definition) is 1. The zero-order valence-corrected chi connectivity index (χ0v) is 16.6. The molecular weight excluding hydrogens is 256 g/mol. The molecule has 0 saturated carbocycles. The second kappa shape index (κ2) is 6.42. The lowest BCUT2D eigenvalue weighted by molar-refractivity contribution is -0.132. The number of hydrogen-bond donors (Lipinski definition) is 0. The second-order valence-electron chi connectivity index (χ2n) is 10.5. The van der Waals surface area contributed by atoms with Gasteiger partial charge in [-0.25, -0.2) is 0 Å². The van der Waals surface area contributed by atoms with Gasteiger partial charge in [-0.1, -0.05) is 75.7 Å². The van der Waals surface area contributed by atoms with Crippen molar-refractivity contribution in [2.45, 2.75) is 95.4 Å². The molecule has 0 saturated heterocycles. The molecule has 0 aromatic carbocycles. The maximum absolute atomic E-state index is 12.5. The van der Waals surface area contributed by atoms with Crippen LogP contribution in [0.3, 0.4) is 0 Å². The van der Waals surface area contributed by atoms with Crippen LogP contribution in [0.1, 0.15) is 95.4 Å². The maximum atomic E-state index is 12.5. The molecule has 0 aliphatic heterocycles. The Hall–Kier alpha value is -0.330. The van der Waals surface area contributed by atoms with Gasteiger partial charge < -0.3 is 0 Å². The predicted octanol–water partition coefficient (Wildman–Crippen LogP) is 6.51. The van der Waals surface area contributed by atoms with Crippen LogP contribution in [-0.2, 0) is 4.79 Å². The summed E-state index contributed by atoms with van der Waals surface area (Å²) in [6.45, 7) is 24.6. The molecule has 0 aliphatic rings. The van der Waals surface area contributed by atoms with Crippen LogP contribution in [0.25, 0.3) is 0 Å². The summed E-state index contributed by atoms with van der Waals surface area (Å²) in [5, 5.41) is 0. The first kappa shape index (κ1) is 20.7. The van der Waals surface area contributed by atoms with Crippen LogP contribution in [0, 0.1) is 27.6 Å².